The number of rotatable bonds is 5. The smallest absolute Gasteiger partial charge is 0.407 e. The normalized spacial score (nSPS) is 12.3. The monoisotopic (exact) mass is 342 g/mol. The lowest BCUT2D eigenvalue weighted by molar-refractivity contribution is 0.0525. The second kappa shape index (κ2) is 8.06. The number of carbonyl (C=O) groups excluding carboxylic acids is 2. The molecular weight excluding hydrogens is 320 g/mol. The van der Waals surface area contributed by atoms with Crippen LogP contribution in [0.4, 0.5) is 10.5 Å². The van der Waals surface area contributed by atoms with Gasteiger partial charge in [-0.1, -0.05) is 11.6 Å². The molecular formula is C16H23ClN2O4. The maximum Gasteiger partial charge on any atom is 0.407 e. The Morgan fingerprint density at radius 2 is 1.96 bits per heavy atom. The molecule has 0 saturated heterocycles. The third-order valence-electron chi connectivity index (χ3n) is 2.74. The minimum Gasteiger partial charge on any atom is -0.465 e. The van der Waals surface area contributed by atoms with Crippen molar-refractivity contribution < 1.29 is 19.1 Å². The van der Waals surface area contributed by atoms with Gasteiger partial charge in [0.25, 0.3) is 0 Å². The van der Waals surface area contributed by atoms with Crippen molar-refractivity contribution in [3.8, 4) is 0 Å². The van der Waals surface area contributed by atoms with Gasteiger partial charge in [0.2, 0.25) is 0 Å². The first kappa shape index (κ1) is 19.1. The van der Waals surface area contributed by atoms with Crippen LogP contribution in [0.15, 0.2) is 18.2 Å². The Morgan fingerprint density at radius 3 is 2.52 bits per heavy atom. The first-order chi connectivity index (χ1) is 10.6. The Kier molecular flexibility index (Phi) is 6.69. The van der Waals surface area contributed by atoms with Gasteiger partial charge in [-0.2, -0.15) is 0 Å². The third-order valence-corrected chi connectivity index (χ3v) is 3.07. The van der Waals surface area contributed by atoms with E-state index in [2.05, 4.69) is 15.4 Å². The zero-order valence-corrected chi connectivity index (χ0v) is 14.8. The van der Waals surface area contributed by atoms with Crippen molar-refractivity contribution in [2.45, 2.75) is 39.3 Å². The molecule has 1 unspecified atom stereocenters. The predicted molar refractivity (Wildman–Crippen MR) is 90.1 cm³/mol. The number of amides is 1. The van der Waals surface area contributed by atoms with Crippen LogP contribution in [-0.4, -0.2) is 37.4 Å². The van der Waals surface area contributed by atoms with E-state index in [0.717, 1.165) is 0 Å². The van der Waals surface area contributed by atoms with Crippen LogP contribution in [0.25, 0.3) is 0 Å². The van der Waals surface area contributed by atoms with Gasteiger partial charge >= 0.3 is 12.1 Å². The Bertz CT molecular complexity index is 570. The van der Waals surface area contributed by atoms with E-state index in [0.29, 0.717) is 17.3 Å². The lowest BCUT2D eigenvalue weighted by Crippen LogP contribution is -2.38. The summed E-state index contributed by atoms with van der Waals surface area (Å²) in [5.74, 6) is -0.502. The van der Waals surface area contributed by atoms with Crippen LogP contribution in [0.2, 0.25) is 5.02 Å². The van der Waals surface area contributed by atoms with E-state index in [1.807, 2.05) is 6.92 Å². The number of carbonyl (C=O) groups is 2. The molecule has 0 fully saturated rings. The summed E-state index contributed by atoms with van der Waals surface area (Å²) in [5.41, 5.74) is 0.451. The molecule has 1 aromatic rings. The molecule has 1 amide bonds. The van der Waals surface area contributed by atoms with E-state index in [1.54, 1.807) is 39.0 Å². The highest BCUT2D eigenvalue weighted by Gasteiger charge is 2.17. The van der Waals surface area contributed by atoms with Gasteiger partial charge in [-0.25, -0.2) is 9.59 Å². The molecule has 0 aliphatic carbocycles. The van der Waals surface area contributed by atoms with Gasteiger partial charge in [-0.3, -0.25) is 0 Å². The number of benzene rings is 1. The molecule has 0 saturated carbocycles. The largest absolute Gasteiger partial charge is 0.465 e. The van der Waals surface area contributed by atoms with Crippen LogP contribution in [0.3, 0.4) is 0 Å². The SMILES string of the molecule is COC(=O)c1cc(NC(C)CNC(=O)OC(C)(C)C)ccc1Cl. The molecule has 0 radical (unpaired) electrons. The quantitative estimate of drug-likeness (QED) is 0.801. The Hall–Kier alpha value is -1.95. The summed E-state index contributed by atoms with van der Waals surface area (Å²) < 4.78 is 9.84. The summed E-state index contributed by atoms with van der Waals surface area (Å²) in [6.45, 7) is 7.66. The van der Waals surface area contributed by atoms with Crippen LogP contribution in [0.1, 0.15) is 38.1 Å². The lowest BCUT2D eigenvalue weighted by atomic mass is 10.2. The van der Waals surface area contributed by atoms with E-state index in [4.69, 9.17) is 16.3 Å². The van der Waals surface area contributed by atoms with E-state index < -0.39 is 17.7 Å². The number of esters is 1. The summed E-state index contributed by atoms with van der Waals surface area (Å²) in [5, 5.41) is 6.17. The summed E-state index contributed by atoms with van der Waals surface area (Å²) >= 11 is 5.97. The van der Waals surface area contributed by atoms with Gasteiger partial charge in [0, 0.05) is 18.3 Å². The van der Waals surface area contributed by atoms with Gasteiger partial charge < -0.3 is 20.1 Å². The summed E-state index contributed by atoms with van der Waals surface area (Å²) in [6.07, 6.45) is -0.475. The van der Waals surface area contributed by atoms with Gasteiger partial charge in [-0.15, -0.1) is 0 Å². The number of halogens is 1. The highest BCUT2D eigenvalue weighted by Crippen LogP contribution is 2.21. The number of hydrogen-bond donors (Lipinski definition) is 2. The number of methoxy groups -OCH3 is 1. The molecule has 0 spiro atoms. The molecule has 7 heteroatoms. The van der Waals surface area contributed by atoms with Crippen LogP contribution >= 0.6 is 11.6 Å². The second-order valence-corrected chi connectivity index (χ2v) is 6.52. The fourth-order valence-corrected chi connectivity index (χ4v) is 1.96. The fourth-order valence-electron chi connectivity index (χ4n) is 1.77. The molecule has 0 heterocycles. The van der Waals surface area contributed by atoms with E-state index in [9.17, 15) is 9.59 Å². The van der Waals surface area contributed by atoms with Crippen LogP contribution in [0, 0.1) is 0 Å². The standard InChI is InChI=1S/C16H23ClN2O4/c1-10(9-18-15(21)23-16(2,3)4)19-11-6-7-13(17)12(8-11)14(20)22-5/h6-8,10,19H,9H2,1-5H3,(H,18,21). The highest BCUT2D eigenvalue weighted by molar-refractivity contribution is 6.33. The van der Waals surface area contributed by atoms with Crippen molar-refractivity contribution in [1.82, 2.24) is 5.32 Å². The first-order valence-electron chi connectivity index (χ1n) is 7.23. The minimum absolute atomic E-state index is 0.0748. The van der Waals surface area contributed by atoms with Crippen LogP contribution in [0.5, 0.6) is 0 Å². The minimum atomic E-state index is -0.535. The maximum atomic E-state index is 11.6. The Morgan fingerprint density at radius 1 is 1.30 bits per heavy atom. The third kappa shape index (κ3) is 6.78. The molecule has 1 aromatic carbocycles. The topological polar surface area (TPSA) is 76.7 Å². The summed E-state index contributed by atoms with van der Waals surface area (Å²) in [6, 6.07) is 4.90. The molecule has 0 bridgehead atoms. The Balaban J connectivity index is 2.59. The predicted octanol–water partition coefficient (Wildman–Crippen LogP) is 3.45. The number of alkyl carbamates (subject to hydrolysis) is 1. The van der Waals surface area contributed by atoms with Gasteiger partial charge in [0.1, 0.15) is 5.60 Å². The molecule has 0 aliphatic heterocycles. The van der Waals surface area contributed by atoms with Crippen molar-refractivity contribution >= 4 is 29.4 Å². The fraction of sp³-hybridized carbons (Fsp3) is 0.500. The van der Waals surface area contributed by atoms with Crippen molar-refractivity contribution in [2.75, 3.05) is 19.0 Å². The van der Waals surface area contributed by atoms with E-state index >= 15 is 0 Å². The van der Waals surface area contributed by atoms with E-state index in [1.165, 1.54) is 7.11 Å². The molecule has 23 heavy (non-hydrogen) atoms. The highest BCUT2D eigenvalue weighted by atomic mass is 35.5. The average Bonchev–Trinajstić information content (AvgIpc) is 2.44. The number of anilines is 1. The van der Waals surface area contributed by atoms with Crippen molar-refractivity contribution in [2.24, 2.45) is 0 Å². The van der Waals surface area contributed by atoms with Crippen LogP contribution < -0.4 is 10.6 Å². The van der Waals surface area contributed by atoms with Crippen molar-refractivity contribution in [3.63, 3.8) is 0 Å². The first-order valence-corrected chi connectivity index (χ1v) is 7.61. The van der Waals surface area contributed by atoms with E-state index in [-0.39, 0.29) is 11.6 Å². The summed E-state index contributed by atoms with van der Waals surface area (Å²) in [4.78, 5) is 23.2. The van der Waals surface area contributed by atoms with Gasteiger partial charge in [0.15, 0.2) is 0 Å². The van der Waals surface area contributed by atoms with Crippen LogP contribution in [-0.2, 0) is 9.47 Å². The van der Waals surface area contributed by atoms with Crippen molar-refractivity contribution in [3.05, 3.63) is 28.8 Å². The maximum absolute atomic E-state index is 11.6. The number of nitrogens with one attached hydrogen (secondary N) is 2. The number of ether oxygens (including phenoxy) is 2. The van der Waals surface area contributed by atoms with Gasteiger partial charge in [-0.05, 0) is 45.9 Å². The molecule has 128 valence electrons. The zero-order chi connectivity index (χ0) is 17.6. The molecule has 6 nitrogen and oxygen atoms in total. The molecule has 0 aromatic heterocycles. The Labute approximate surface area is 141 Å². The summed E-state index contributed by atoms with van der Waals surface area (Å²) in [7, 11) is 1.30. The molecule has 1 atom stereocenters. The molecule has 1 rings (SSSR count). The van der Waals surface area contributed by atoms with Crippen molar-refractivity contribution in [1.29, 1.82) is 0 Å². The molecule has 2 N–H and O–H groups in total. The second-order valence-electron chi connectivity index (χ2n) is 6.11. The molecule has 0 aliphatic rings. The average molecular weight is 343 g/mol. The van der Waals surface area contributed by atoms with Gasteiger partial charge in [0.05, 0.1) is 17.7 Å². The number of hydrogen-bond acceptors (Lipinski definition) is 5. The zero-order valence-electron chi connectivity index (χ0n) is 14.0. The lowest BCUT2D eigenvalue weighted by Gasteiger charge is -2.21.